The predicted molar refractivity (Wildman–Crippen MR) is 127 cm³/mol. The summed E-state index contributed by atoms with van der Waals surface area (Å²) in [5.41, 5.74) is 2.72. The summed E-state index contributed by atoms with van der Waals surface area (Å²) >= 11 is 7.67. The Morgan fingerprint density at radius 1 is 1.06 bits per heavy atom. The minimum absolute atomic E-state index is 0.161. The molecule has 0 atom stereocenters. The largest absolute Gasteiger partial charge is 0.465 e. The van der Waals surface area contributed by atoms with Gasteiger partial charge in [0.1, 0.15) is 0 Å². The van der Waals surface area contributed by atoms with E-state index in [1.54, 1.807) is 29.2 Å². The van der Waals surface area contributed by atoms with Crippen LogP contribution in [0.15, 0.2) is 36.4 Å². The van der Waals surface area contributed by atoms with Crippen LogP contribution in [0, 0.1) is 6.92 Å². The Hall–Kier alpha value is -2.48. The number of ether oxygens (including phenoxy) is 1. The van der Waals surface area contributed by atoms with E-state index in [2.05, 4.69) is 18.7 Å². The molecule has 0 N–H and O–H groups in total. The predicted octanol–water partition coefficient (Wildman–Crippen LogP) is 5.03. The number of carbonyl (C=O) groups is 2. The molecule has 6 nitrogen and oxygen atoms in total. The molecule has 31 heavy (non-hydrogen) atoms. The molecule has 0 saturated heterocycles. The molecule has 1 amide bonds. The number of carbonyl (C=O) groups excluding carboxylic acids is 2. The van der Waals surface area contributed by atoms with Crippen molar-refractivity contribution in [3.05, 3.63) is 58.1 Å². The van der Waals surface area contributed by atoms with Crippen molar-refractivity contribution in [2.45, 2.75) is 20.8 Å². The number of benzene rings is 2. The molecule has 164 valence electrons. The second kappa shape index (κ2) is 10.2. The normalized spacial score (nSPS) is 11.2. The SMILES string of the molecule is CCN(CC)CCN(C(=O)c1ccc(C(=O)OC)cc1)c1nc2c(C)cc(Cl)cc2s1. The van der Waals surface area contributed by atoms with Crippen molar-refractivity contribution in [1.29, 1.82) is 0 Å². The number of fused-ring (bicyclic) bond motifs is 1. The maximum absolute atomic E-state index is 13.4. The summed E-state index contributed by atoms with van der Waals surface area (Å²) in [7, 11) is 1.33. The fourth-order valence-corrected chi connectivity index (χ4v) is 4.79. The number of aryl methyl sites for hydroxylation is 1. The molecule has 2 aromatic carbocycles. The summed E-state index contributed by atoms with van der Waals surface area (Å²) < 4.78 is 5.68. The molecule has 1 aromatic heterocycles. The average Bonchev–Trinajstić information content (AvgIpc) is 3.20. The third-order valence-corrected chi connectivity index (χ3v) is 6.45. The topological polar surface area (TPSA) is 62.7 Å². The number of anilines is 1. The average molecular weight is 460 g/mol. The number of rotatable bonds is 8. The van der Waals surface area contributed by atoms with E-state index < -0.39 is 5.97 Å². The molecule has 0 aliphatic carbocycles. The molecule has 0 fully saturated rings. The highest BCUT2D eigenvalue weighted by atomic mass is 35.5. The highest BCUT2D eigenvalue weighted by Gasteiger charge is 2.23. The van der Waals surface area contributed by atoms with Gasteiger partial charge in [-0.3, -0.25) is 9.69 Å². The van der Waals surface area contributed by atoms with Crippen LogP contribution in [0.5, 0.6) is 0 Å². The van der Waals surface area contributed by atoms with Crippen molar-refractivity contribution in [3.8, 4) is 0 Å². The summed E-state index contributed by atoms with van der Waals surface area (Å²) in [5.74, 6) is -0.595. The van der Waals surface area contributed by atoms with Crippen LogP contribution >= 0.6 is 22.9 Å². The van der Waals surface area contributed by atoms with Crippen molar-refractivity contribution < 1.29 is 14.3 Å². The number of hydrogen-bond donors (Lipinski definition) is 0. The molecular weight excluding hydrogens is 434 g/mol. The summed E-state index contributed by atoms with van der Waals surface area (Å²) in [4.78, 5) is 33.9. The van der Waals surface area contributed by atoms with Crippen LogP contribution < -0.4 is 4.90 Å². The van der Waals surface area contributed by atoms with Gasteiger partial charge in [-0.2, -0.15) is 0 Å². The molecule has 0 saturated carbocycles. The molecule has 1 heterocycles. The summed E-state index contributed by atoms with van der Waals surface area (Å²) in [5, 5.41) is 1.29. The first-order chi connectivity index (χ1) is 14.9. The molecule has 3 aromatic rings. The van der Waals surface area contributed by atoms with Crippen molar-refractivity contribution in [1.82, 2.24) is 9.88 Å². The van der Waals surface area contributed by atoms with E-state index in [0.717, 1.165) is 35.4 Å². The number of esters is 1. The van der Waals surface area contributed by atoms with Gasteiger partial charge in [0.15, 0.2) is 5.13 Å². The van der Waals surface area contributed by atoms with Gasteiger partial charge in [0, 0.05) is 23.7 Å². The van der Waals surface area contributed by atoms with Gasteiger partial charge in [-0.15, -0.1) is 0 Å². The van der Waals surface area contributed by atoms with Crippen LogP contribution in [0.2, 0.25) is 5.02 Å². The zero-order valence-corrected chi connectivity index (χ0v) is 19.7. The van der Waals surface area contributed by atoms with E-state index in [0.29, 0.717) is 27.8 Å². The number of aromatic nitrogens is 1. The van der Waals surface area contributed by atoms with Crippen LogP contribution in [0.3, 0.4) is 0 Å². The van der Waals surface area contributed by atoms with Gasteiger partial charge < -0.3 is 9.64 Å². The van der Waals surface area contributed by atoms with Crippen LogP contribution in [-0.2, 0) is 4.74 Å². The minimum atomic E-state index is -0.434. The Bertz CT molecular complexity index is 1080. The standard InChI is InChI=1S/C23H26ClN3O3S/c1-5-26(6-2)11-12-27(21(28)16-7-9-17(10-8-16)22(29)30-4)23-25-20-15(3)13-18(24)14-19(20)31-23/h7-10,13-14H,5-6,11-12H2,1-4H3. The highest BCUT2D eigenvalue weighted by Crippen LogP contribution is 2.33. The highest BCUT2D eigenvalue weighted by molar-refractivity contribution is 7.22. The van der Waals surface area contributed by atoms with E-state index >= 15 is 0 Å². The van der Waals surface area contributed by atoms with Crippen molar-refractivity contribution >= 4 is 50.2 Å². The summed E-state index contributed by atoms with van der Waals surface area (Å²) in [6, 6.07) is 10.3. The lowest BCUT2D eigenvalue weighted by Crippen LogP contribution is -2.38. The smallest absolute Gasteiger partial charge is 0.337 e. The molecule has 0 aliphatic rings. The second-order valence-corrected chi connectivity index (χ2v) is 8.56. The monoisotopic (exact) mass is 459 g/mol. The first-order valence-corrected chi connectivity index (χ1v) is 11.4. The molecular formula is C23H26ClN3O3S. The maximum Gasteiger partial charge on any atom is 0.337 e. The van der Waals surface area contributed by atoms with Gasteiger partial charge in [0.25, 0.3) is 5.91 Å². The molecule has 0 aliphatic heterocycles. The zero-order valence-electron chi connectivity index (χ0n) is 18.1. The van der Waals surface area contributed by atoms with Crippen LogP contribution in [0.4, 0.5) is 5.13 Å². The number of thiazole rings is 1. The number of nitrogens with zero attached hydrogens (tertiary/aromatic N) is 3. The van der Waals surface area contributed by atoms with Crippen LogP contribution in [0.1, 0.15) is 40.1 Å². The van der Waals surface area contributed by atoms with Crippen molar-refractivity contribution in [2.24, 2.45) is 0 Å². The number of likely N-dealkylation sites (N-methyl/N-ethyl adjacent to an activating group) is 1. The van der Waals surface area contributed by atoms with Gasteiger partial charge in [-0.25, -0.2) is 9.78 Å². The zero-order chi connectivity index (χ0) is 22.5. The molecule has 0 bridgehead atoms. The van der Waals surface area contributed by atoms with Crippen LogP contribution in [-0.4, -0.2) is 55.0 Å². The van der Waals surface area contributed by atoms with Gasteiger partial charge in [-0.1, -0.05) is 36.8 Å². The minimum Gasteiger partial charge on any atom is -0.465 e. The number of methoxy groups -OCH3 is 1. The lowest BCUT2D eigenvalue weighted by molar-refractivity contribution is 0.0600. The van der Waals surface area contributed by atoms with E-state index in [9.17, 15) is 9.59 Å². The van der Waals surface area contributed by atoms with E-state index in [1.165, 1.54) is 18.4 Å². The Morgan fingerprint density at radius 2 is 1.71 bits per heavy atom. The Morgan fingerprint density at radius 3 is 2.32 bits per heavy atom. The lowest BCUT2D eigenvalue weighted by Gasteiger charge is -2.24. The van der Waals surface area contributed by atoms with Crippen molar-refractivity contribution in [3.63, 3.8) is 0 Å². The van der Waals surface area contributed by atoms with E-state index in [1.807, 2.05) is 19.1 Å². The Labute approximate surface area is 191 Å². The molecule has 0 spiro atoms. The van der Waals surface area contributed by atoms with Gasteiger partial charge in [0.2, 0.25) is 0 Å². The molecule has 8 heteroatoms. The number of amides is 1. The Kier molecular flexibility index (Phi) is 7.64. The van der Waals surface area contributed by atoms with Gasteiger partial charge in [0.05, 0.1) is 22.9 Å². The van der Waals surface area contributed by atoms with Crippen molar-refractivity contribution in [2.75, 3.05) is 38.2 Å². The van der Waals surface area contributed by atoms with Gasteiger partial charge in [-0.05, 0) is 62.0 Å². The fourth-order valence-electron chi connectivity index (χ4n) is 3.35. The third kappa shape index (κ3) is 5.23. The Balaban J connectivity index is 1.97. The van der Waals surface area contributed by atoms with E-state index in [4.69, 9.17) is 21.3 Å². The quantitative estimate of drug-likeness (QED) is 0.442. The maximum atomic E-state index is 13.4. The number of halogens is 1. The van der Waals surface area contributed by atoms with Gasteiger partial charge >= 0.3 is 5.97 Å². The molecule has 0 unspecified atom stereocenters. The number of hydrogen-bond acceptors (Lipinski definition) is 6. The fraction of sp³-hybridized carbons (Fsp3) is 0.348. The molecule has 0 radical (unpaired) electrons. The van der Waals surface area contributed by atoms with Crippen LogP contribution in [0.25, 0.3) is 10.2 Å². The first kappa shape index (κ1) is 23.2. The van der Waals surface area contributed by atoms with E-state index in [-0.39, 0.29) is 5.91 Å². The first-order valence-electron chi connectivity index (χ1n) is 10.2. The second-order valence-electron chi connectivity index (χ2n) is 7.12. The summed E-state index contributed by atoms with van der Waals surface area (Å²) in [6.07, 6.45) is 0. The lowest BCUT2D eigenvalue weighted by atomic mass is 10.1. The summed E-state index contributed by atoms with van der Waals surface area (Å²) in [6.45, 7) is 9.21. The third-order valence-electron chi connectivity index (χ3n) is 5.20. The molecule has 3 rings (SSSR count).